The quantitative estimate of drug-likeness (QED) is 0.687. The van der Waals surface area contributed by atoms with Crippen LogP contribution in [0.3, 0.4) is 0 Å². The third-order valence-electron chi connectivity index (χ3n) is 3.24. The van der Waals surface area contributed by atoms with Crippen molar-refractivity contribution in [3.05, 3.63) is 47.7 Å². The number of rotatable bonds is 3. The van der Waals surface area contributed by atoms with Crippen molar-refractivity contribution in [1.29, 1.82) is 0 Å². The summed E-state index contributed by atoms with van der Waals surface area (Å²) in [5.74, 6) is 1.53. The van der Waals surface area contributed by atoms with Crippen LogP contribution in [0, 0.1) is 0 Å². The van der Waals surface area contributed by atoms with Crippen LogP contribution in [0.4, 0.5) is 0 Å². The molecule has 0 aliphatic heterocycles. The molecule has 4 nitrogen and oxygen atoms in total. The van der Waals surface area contributed by atoms with Crippen molar-refractivity contribution in [2.75, 3.05) is 14.2 Å². The molecule has 0 N–H and O–H groups in total. The van der Waals surface area contributed by atoms with Crippen LogP contribution in [-0.4, -0.2) is 24.2 Å². The lowest BCUT2D eigenvalue weighted by atomic mass is 10.1. The van der Waals surface area contributed by atoms with Crippen molar-refractivity contribution in [3.63, 3.8) is 0 Å². The van der Waals surface area contributed by atoms with Crippen LogP contribution in [-0.2, 0) is 0 Å². The second-order valence-electron chi connectivity index (χ2n) is 4.45. The molecule has 0 aliphatic rings. The number of methoxy groups -OCH3 is 2. The van der Waals surface area contributed by atoms with Gasteiger partial charge >= 0.3 is 0 Å². The predicted octanol–water partition coefficient (Wildman–Crippen LogP) is 3.97. The third kappa shape index (κ3) is 2.62. The average Bonchev–Trinajstić information content (AvgIpc) is 2.53. The van der Waals surface area contributed by atoms with Gasteiger partial charge in [0.05, 0.1) is 25.4 Å². The highest BCUT2D eigenvalue weighted by Gasteiger charge is 2.10. The van der Waals surface area contributed by atoms with Crippen molar-refractivity contribution < 1.29 is 9.47 Å². The van der Waals surface area contributed by atoms with Crippen LogP contribution >= 0.6 is 11.6 Å². The van der Waals surface area contributed by atoms with E-state index >= 15 is 0 Å². The molecule has 1 heterocycles. The number of halogens is 1. The molecule has 3 rings (SSSR count). The first kappa shape index (κ1) is 13.6. The van der Waals surface area contributed by atoms with Crippen LogP contribution in [0.25, 0.3) is 22.2 Å². The molecule has 2 aromatic carbocycles. The Morgan fingerprint density at radius 1 is 0.857 bits per heavy atom. The van der Waals surface area contributed by atoms with Gasteiger partial charge in [-0.25, -0.2) is 9.97 Å². The van der Waals surface area contributed by atoms with Gasteiger partial charge in [0.1, 0.15) is 11.5 Å². The lowest BCUT2D eigenvalue weighted by Crippen LogP contribution is -1.92. The molecular weight excluding hydrogens is 288 g/mol. The summed E-state index contributed by atoms with van der Waals surface area (Å²) < 4.78 is 10.4. The highest BCUT2D eigenvalue weighted by molar-refractivity contribution is 6.28. The topological polar surface area (TPSA) is 44.2 Å². The number of hydrogen-bond donors (Lipinski definition) is 0. The molecule has 0 saturated heterocycles. The van der Waals surface area contributed by atoms with Gasteiger partial charge < -0.3 is 9.47 Å². The number of nitrogens with zero attached hydrogens (tertiary/aromatic N) is 2. The first-order valence-corrected chi connectivity index (χ1v) is 6.75. The van der Waals surface area contributed by atoms with Gasteiger partial charge in [-0.1, -0.05) is 0 Å². The van der Waals surface area contributed by atoms with Gasteiger partial charge in [-0.05, 0) is 48.0 Å². The number of ether oxygens (including phenoxy) is 2. The molecule has 5 heteroatoms. The summed E-state index contributed by atoms with van der Waals surface area (Å²) in [4.78, 5) is 8.61. The predicted molar refractivity (Wildman–Crippen MR) is 83.1 cm³/mol. The van der Waals surface area contributed by atoms with E-state index < -0.39 is 0 Å². The van der Waals surface area contributed by atoms with E-state index in [0.717, 1.165) is 33.7 Å². The second-order valence-corrected chi connectivity index (χ2v) is 4.79. The Kier molecular flexibility index (Phi) is 3.62. The standard InChI is InChI=1S/C16H13ClN2O2/c1-20-11-5-3-10(4-6-11)15-13-8-7-12(21-2)9-14(13)18-16(17)19-15/h3-9H,1-2H3. The molecule has 0 spiro atoms. The van der Waals surface area contributed by atoms with Crippen LogP contribution in [0.15, 0.2) is 42.5 Å². The molecule has 0 bridgehead atoms. The van der Waals surface area contributed by atoms with Crippen LogP contribution in [0.2, 0.25) is 5.28 Å². The van der Waals surface area contributed by atoms with Crippen LogP contribution < -0.4 is 9.47 Å². The van der Waals surface area contributed by atoms with Crippen molar-refractivity contribution in [1.82, 2.24) is 9.97 Å². The zero-order valence-corrected chi connectivity index (χ0v) is 12.4. The molecule has 3 aromatic rings. The van der Waals surface area contributed by atoms with Gasteiger partial charge in [0, 0.05) is 17.0 Å². The van der Waals surface area contributed by atoms with Crippen LogP contribution in [0.1, 0.15) is 0 Å². The van der Waals surface area contributed by atoms with Crippen molar-refractivity contribution in [2.45, 2.75) is 0 Å². The minimum Gasteiger partial charge on any atom is -0.497 e. The molecule has 0 saturated carbocycles. The minimum atomic E-state index is 0.210. The monoisotopic (exact) mass is 300 g/mol. The SMILES string of the molecule is COc1ccc(-c2nc(Cl)nc3cc(OC)ccc23)cc1. The number of fused-ring (bicyclic) bond motifs is 1. The van der Waals surface area contributed by atoms with E-state index in [1.54, 1.807) is 14.2 Å². The molecule has 0 atom stereocenters. The fourth-order valence-electron chi connectivity index (χ4n) is 2.18. The molecule has 0 unspecified atom stereocenters. The highest BCUT2D eigenvalue weighted by atomic mass is 35.5. The largest absolute Gasteiger partial charge is 0.497 e. The molecule has 0 amide bonds. The normalized spacial score (nSPS) is 10.6. The van der Waals surface area contributed by atoms with Gasteiger partial charge in [0.25, 0.3) is 0 Å². The van der Waals surface area contributed by atoms with Crippen molar-refractivity contribution in [2.24, 2.45) is 0 Å². The van der Waals surface area contributed by atoms with Gasteiger partial charge in [0.15, 0.2) is 0 Å². The number of aromatic nitrogens is 2. The smallest absolute Gasteiger partial charge is 0.223 e. The molecule has 21 heavy (non-hydrogen) atoms. The summed E-state index contributed by atoms with van der Waals surface area (Å²) in [6.07, 6.45) is 0. The van der Waals surface area contributed by atoms with E-state index in [0.29, 0.717) is 0 Å². The maximum absolute atomic E-state index is 6.04. The molecule has 0 fully saturated rings. The number of benzene rings is 2. The van der Waals surface area contributed by atoms with Crippen molar-refractivity contribution >= 4 is 22.5 Å². The minimum absolute atomic E-state index is 0.210. The Bertz CT molecular complexity index is 788. The van der Waals surface area contributed by atoms with Gasteiger partial charge in [-0.2, -0.15) is 0 Å². The Morgan fingerprint density at radius 2 is 1.52 bits per heavy atom. The van der Waals surface area contributed by atoms with Crippen molar-refractivity contribution in [3.8, 4) is 22.8 Å². The van der Waals surface area contributed by atoms with E-state index in [1.807, 2.05) is 42.5 Å². The van der Waals surface area contributed by atoms with E-state index in [9.17, 15) is 0 Å². The summed E-state index contributed by atoms with van der Waals surface area (Å²) in [5.41, 5.74) is 2.49. The van der Waals surface area contributed by atoms with Gasteiger partial charge in [-0.15, -0.1) is 0 Å². The third-order valence-corrected chi connectivity index (χ3v) is 3.41. The van der Waals surface area contributed by atoms with E-state index in [-0.39, 0.29) is 5.28 Å². The molecule has 106 valence electrons. The Morgan fingerprint density at radius 3 is 2.19 bits per heavy atom. The highest BCUT2D eigenvalue weighted by Crippen LogP contribution is 2.30. The van der Waals surface area contributed by atoms with Gasteiger partial charge in [-0.3, -0.25) is 0 Å². The first-order valence-electron chi connectivity index (χ1n) is 6.37. The maximum atomic E-state index is 6.04. The maximum Gasteiger partial charge on any atom is 0.223 e. The zero-order valence-electron chi connectivity index (χ0n) is 11.6. The van der Waals surface area contributed by atoms with Gasteiger partial charge in [0.2, 0.25) is 5.28 Å². The molecule has 0 aliphatic carbocycles. The van der Waals surface area contributed by atoms with E-state index in [1.165, 1.54) is 0 Å². The average molecular weight is 301 g/mol. The Balaban J connectivity index is 2.20. The number of hydrogen-bond acceptors (Lipinski definition) is 4. The fourth-order valence-corrected chi connectivity index (χ4v) is 2.35. The van der Waals surface area contributed by atoms with Crippen LogP contribution in [0.5, 0.6) is 11.5 Å². The Labute approximate surface area is 127 Å². The summed E-state index contributed by atoms with van der Waals surface area (Å²) in [6.45, 7) is 0. The molecule has 1 aromatic heterocycles. The first-order chi connectivity index (χ1) is 10.2. The molecule has 0 radical (unpaired) electrons. The zero-order chi connectivity index (χ0) is 14.8. The Hall–Kier alpha value is -2.33. The van der Waals surface area contributed by atoms with E-state index in [4.69, 9.17) is 21.1 Å². The van der Waals surface area contributed by atoms with E-state index in [2.05, 4.69) is 9.97 Å². The lowest BCUT2D eigenvalue weighted by Gasteiger charge is -2.08. The summed E-state index contributed by atoms with van der Waals surface area (Å²) >= 11 is 6.04. The summed E-state index contributed by atoms with van der Waals surface area (Å²) in [5, 5.41) is 1.13. The summed E-state index contributed by atoms with van der Waals surface area (Å²) in [6, 6.07) is 13.3. The summed E-state index contributed by atoms with van der Waals surface area (Å²) in [7, 11) is 3.26. The second kappa shape index (κ2) is 5.58. The fraction of sp³-hybridized carbons (Fsp3) is 0.125. The lowest BCUT2D eigenvalue weighted by molar-refractivity contribution is 0.415. The molecular formula is C16H13ClN2O2.